The van der Waals surface area contributed by atoms with E-state index in [1.54, 1.807) is 0 Å². The first-order valence-electron chi connectivity index (χ1n) is 35.2. The first-order valence-corrected chi connectivity index (χ1v) is 41.7. The molecule has 2 aliphatic rings. The van der Waals surface area contributed by atoms with Crippen LogP contribution in [0.5, 0.6) is 0 Å². The Labute approximate surface area is 580 Å². The predicted molar refractivity (Wildman–Crippen MR) is 395 cm³/mol. The molecule has 0 radical (unpaired) electrons. The van der Waals surface area contributed by atoms with Gasteiger partial charge in [0.1, 0.15) is 6.15 Å². The summed E-state index contributed by atoms with van der Waals surface area (Å²) in [5, 5.41) is 10.3. The van der Waals surface area contributed by atoms with Gasteiger partial charge in [-0.2, -0.15) is 21.9 Å². The Balaban J connectivity index is 0.000000670. The topological polar surface area (TPSA) is 87.1 Å². The molecule has 0 atom stereocenters. The van der Waals surface area contributed by atoms with Crippen molar-refractivity contribution in [3.05, 3.63) is 136 Å². The standard InChI is InChI=1S/C33H75N4Si3.C24H20B.C10H23NO.2C4H8O.Th/c1-25(2)38(26(3)4,27(5)6)34-19-22-37(23-20-35-39(28(7)8,29(9)10)30(11)12)24-21-36-40(31(13)14,32(15)16)33(17)18;1-5-13-21(14-6-1)25(22-15-7-2-8-16-22,23-17-9-3-10-18-23)24-19-11-4-12-20-24;1-4-11(5-2,6-3)9-7-8-10-12;2*1-2-4-5-3-1;/h25-33H,19-24H2,1-18H3;1-20H;4-10H2,1-3H3;2*1-4H2;/q-3;-1;;;;+4. The third kappa shape index (κ3) is 24.7. The third-order valence-electron chi connectivity index (χ3n) is 20.6. The predicted octanol–water partition coefficient (Wildman–Crippen LogP) is 17.6. The summed E-state index contributed by atoms with van der Waals surface area (Å²) in [5.74, 6) is 0. The van der Waals surface area contributed by atoms with Crippen LogP contribution in [-0.2, 0) is 9.47 Å². The number of rotatable bonds is 32. The zero-order chi connectivity index (χ0) is 65.1. The molecule has 0 spiro atoms. The Morgan fingerprint density at radius 1 is 0.398 bits per heavy atom. The molecule has 0 unspecified atom stereocenters. The molecule has 6 rings (SSSR count). The first kappa shape index (κ1) is 84.6. The normalized spacial score (nSPS) is 14.1. The van der Waals surface area contributed by atoms with E-state index in [0.717, 1.165) is 78.5 Å². The summed E-state index contributed by atoms with van der Waals surface area (Å²) in [5.41, 5.74) is 11.4. The molecule has 4 aromatic carbocycles. The van der Waals surface area contributed by atoms with E-state index in [1.807, 2.05) is 0 Å². The molecule has 496 valence electrons. The second-order valence-electron chi connectivity index (χ2n) is 28.1. The maximum Gasteiger partial charge on any atom is 4.00 e. The molecule has 88 heavy (non-hydrogen) atoms. The zero-order valence-electron chi connectivity index (χ0n) is 60.6. The van der Waals surface area contributed by atoms with Gasteiger partial charge in [-0.3, -0.25) is 0 Å². The number of quaternary nitrogens is 1. The fourth-order valence-electron chi connectivity index (χ4n) is 16.0. The van der Waals surface area contributed by atoms with Gasteiger partial charge in [-0.05, 0) is 97.2 Å². The minimum Gasteiger partial charge on any atom is -0.854 e. The van der Waals surface area contributed by atoms with E-state index in [1.165, 1.54) is 78.2 Å². The van der Waals surface area contributed by atoms with E-state index >= 15 is 0 Å². The third-order valence-corrected chi connectivity index (χ3v) is 39.6. The van der Waals surface area contributed by atoms with Crippen LogP contribution in [0.1, 0.15) is 184 Å². The van der Waals surface area contributed by atoms with Crippen LogP contribution in [0.4, 0.5) is 0 Å². The van der Waals surface area contributed by atoms with Gasteiger partial charge < -0.3 is 38.9 Å². The van der Waals surface area contributed by atoms with Gasteiger partial charge in [-0.1, -0.05) is 302 Å². The van der Waals surface area contributed by atoms with Crippen LogP contribution < -0.4 is 27.0 Å². The van der Waals surface area contributed by atoms with Gasteiger partial charge in [-0.15, -0.1) is 26.2 Å². The Hall–Kier alpha value is -1.40. The van der Waals surface area contributed by atoms with Gasteiger partial charge in [0.25, 0.3) is 0 Å². The number of benzene rings is 4. The summed E-state index contributed by atoms with van der Waals surface area (Å²) in [6.07, 6.45) is 5.84. The van der Waals surface area contributed by atoms with Gasteiger partial charge in [-0.25, -0.2) is 0 Å². The van der Waals surface area contributed by atoms with Crippen LogP contribution in [0.15, 0.2) is 121 Å². The van der Waals surface area contributed by atoms with E-state index in [0.29, 0.717) is 49.9 Å². The van der Waals surface area contributed by atoms with Crippen LogP contribution in [-0.4, -0.2) is 139 Å². The van der Waals surface area contributed by atoms with Crippen LogP contribution in [0.25, 0.3) is 14.9 Å². The second-order valence-corrected chi connectivity index (χ2v) is 44.8. The van der Waals surface area contributed by atoms with Crippen molar-refractivity contribution in [2.24, 2.45) is 0 Å². The molecule has 2 aliphatic heterocycles. The average Bonchev–Trinajstić information content (AvgIpc) is 0.800. The summed E-state index contributed by atoms with van der Waals surface area (Å²) in [7, 11) is -5.22. The van der Waals surface area contributed by atoms with E-state index in [9.17, 15) is 5.11 Å². The van der Waals surface area contributed by atoms with Crippen LogP contribution in [0.3, 0.4) is 0 Å². The summed E-state index contributed by atoms with van der Waals surface area (Å²) in [4.78, 5) is 19.6. The summed E-state index contributed by atoms with van der Waals surface area (Å²) < 4.78 is 11.1. The average molecular weight is 1480 g/mol. The van der Waals surface area contributed by atoms with Crippen molar-refractivity contribution in [1.29, 1.82) is 0 Å². The monoisotopic (exact) mass is 1480 g/mol. The smallest absolute Gasteiger partial charge is 0.854 e. The van der Waals surface area contributed by atoms with Crippen molar-refractivity contribution in [2.75, 3.05) is 98.5 Å². The molecule has 2 heterocycles. The van der Waals surface area contributed by atoms with Crippen molar-refractivity contribution in [3.8, 4) is 0 Å². The Kier molecular flexibility index (Phi) is 43.3. The van der Waals surface area contributed by atoms with Gasteiger partial charge in [0.2, 0.25) is 0 Å². The van der Waals surface area contributed by atoms with E-state index < -0.39 is 30.9 Å². The molecule has 4 aromatic rings. The molecule has 0 amide bonds. The number of unbranched alkanes of at least 4 members (excludes halogenated alkanes) is 1. The van der Waals surface area contributed by atoms with Crippen molar-refractivity contribution < 1.29 is 59.0 Å². The van der Waals surface area contributed by atoms with Gasteiger partial charge >= 0.3 is 39.9 Å². The van der Waals surface area contributed by atoms with Crippen LogP contribution >= 0.6 is 0 Å². The first-order chi connectivity index (χ1) is 41.4. The maximum atomic E-state index is 10.3. The van der Waals surface area contributed by atoms with Crippen molar-refractivity contribution >= 4 is 52.7 Å². The Morgan fingerprint density at radius 3 is 0.795 bits per heavy atom. The Bertz CT molecular complexity index is 1930. The van der Waals surface area contributed by atoms with Crippen molar-refractivity contribution in [1.82, 2.24) is 4.90 Å². The largest absolute Gasteiger partial charge is 4.00 e. The Morgan fingerprint density at radius 2 is 0.625 bits per heavy atom. The molecule has 0 aliphatic carbocycles. The molecule has 0 aromatic heterocycles. The quantitative estimate of drug-likeness (QED) is 0.0277. The zero-order valence-corrected chi connectivity index (χ0v) is 67.7. The fourth-order valence-corrected chi connectivity index (χ4v) is 32.7. The minimum absolute atomic E-state index is 0. The summed E-state index contributed by atoms with van der Waals surface area (Å²) in [6, 6.07) is 43.5. The van der Waals surface area contributed by atoms with E-state index in [-0.39, 0.29) is 46.5 Å². The molecule has 0 bridgehead atoms. The molecule has 2 saturated heterocycles. The molecule has 8 nitrogen and oxygen atoms in total. The molecular weight excluding hydrogens is 1350 g/mol. The number of ether oxygens (including phenoxy) is 2. The molecular formula is C75H134BN5O3Si3Th. The molecule has 0 saturated carbocycles. The number of hydrogen-bond donors (Lipinski definition) is 0. The molecule has 2 fully saturated rings. The second kappa shape index (κ2) is 45.1. The van der Waals surface area contributed by atoms with Crippen LogP contribution in [0.2, 0.25) is 49.9 Å². The van der Waals surface area contributed by atoms with Gasteiger partial charge in [0, 0.05) is 26.4 Å². The number of hydrogen-bond acceptors (Lipinski definition) is 4. The number of nitrogens with zero attached hydrogens (tertiary/aromatic N) is 5. The van der Waals surface area contributed by atoms with E-state index in [4.69, 9.17) is 24.4 Å². The summed E-state index contributed by atoms with van der Waals surface area (Å²) in [6.45, 7) is 65.3. The minimum atomic E-state index is -1.74. The van der Waals surface area contributed by atoms with Crippen molar-refractivity contribution in [2.45, 2.75) is 234 Å². The van der Waals surface area contributed by atoms with Gasteiger partial charge in [0.15, 0.2) is 0 Å². The fraction of sp³-hybridized carbons (Fsp3) is 0.680. The maximum absolute atomic E-state index is 10.3. The summed E-state index contributed by atoms with van der Waals surface area (Å²) >= 11 is 0. The van der Waals surface area contributed by atoms with E-state index in [2.05, 4.69) is 272 Å². The SMILES string of the molecule is C1CCOC1.C1CCOC1.CC(C)[Si]([N-]CCN(CC[N-][Si](C(C)C)(C(C)C)C(C)C)CC[N-][Si](C(C)C)(C(C)C)C(C)C)(C(C)C)C(C)C.CC[N+](CC)(CC)CCCC[O-].[Th+4].c1ccc([B-](c2ccccc2)(c2ccccc2)c2ccccc2)cc1. The molecule has 13 heteroatoms. The van der Waals surface area contributed by atoms with Gasteiger partial charge in [0.05, 0.1) is 26.2 Å². The van der Waals surface area contributed by atoms with Crippen molar-refractivity contribution in [3.63, 3.8) is 0 Å². The van der Waals surface area contributed by atoms with Crippen LogP contribution in [0, 0.1) is 39.9 Å². The molecule has 0 N–H and O–H groups in total.